The van der Waals surface area contributed by atoms with Crippen molar-refractivity contribution in [2.45, 2.75) is 269 Å². The minimum Gasteiger partial charge on any atom is -0.462 e. The molecule has 0 amide bonds. The van der Waals surface area contributed by atoms with Crippen molar-refractivity contribution in [3.05, 3.63) is 118 Å². The SMILES string of the molecule is C/C=C/C(C)=C/[C@H](OP(P)PP)[C@@H](C)C[C@H](C)OP(P)PP.CC(=C\C=C\C(C)=C\[C@H](O)[C@@H](O)C[C@H](C)O)/C=C(C)/C=C/C(=O)O[C@H]1CCCC(=O)O[C@@H]([C@@H](C)CN=[N+]=[N-])C/C=C/C[C@@H]1C.CC1C/C=C/C[C@H](C(C)C)OC(=O)CCC[C@@H]1O.CCC[C@H](C)[C@@H](C)CC.O=C=O. The fourth-order valence-corrected chi connectivity index (χ4v) is 14.4. The molecule has 0 aromatic heterocycles. The molecule has 0 aliphatic carbocycles. The molecule has 25 heteroatoms. The molecule has 0 fully saturated rings. The summed E-state index contributed by atoms with van der Waals surface area (Å²) in [6.45, 7) is 35.4. The Hall–Kier alpha value is -2.04. The third kappa shape index (κ3) is 53.8. The second-order valence-electron chi connectivity index (χ2n) is 25.7. The van der Waals surface area contributed by atoms with Gasteiger partial charge in [0.15, 0.2) is 0 Å². The summed E-state index contributed by atoms with van der Waals surface area (Å²) in [5.74, 6) is 1.95. The van der Waals surface area contributed by atoms with Gasteiger partial charge in [0.05, 0.1) is 51.7 Å². The van der Waals surface area contributed by atoms with Crippen molar-refractivity contribution in [1.82, 2.24) is 0 Å². The van der Waals surface area contributed by atoms with Gasteiger partial charge < -0.3 is 43.7 Å². The lowest BCUT2D eigenvalue weighted by Crippen LogP contribution is -2.28. The number of aliphatic hydroxyl groups is 4. The molecule has 2 heterocycles. The van der Waals surface area contributed by atoms with E-state index in [0.29, 0.717) is 56.8 Å². The van der Waals surface area contributed by atoms with Crippen molar-refractivity contribution in [2.75, 3.05) is 6.54 Å². The number of hydrogen-bond acceptors (Lipinski definition) is 15. The van der Waals surface area contributed by atoms with Gasteiger partial charge in [-0.1, -0.05) is 213 Å². The van der Waals surface area contributed by atoms with E-state index in [0.717, 1.165) is 63.7 Å². The normalized spacial score (nSPS) is 24.1. The Morgan fingerprint density at radius 1 is 0.750 bits per heavy atom. The summed E-state index contributed by atoms with van der Waals surface area (Å²) in [7, 11) is 11.9. The van der Waals surface area contributed by atoms with Gasteiger partial charge in [-0.2, -0.15) is 9.59 Å². The molecule has 9 unspecified atom stereocenters. The van der Waals surface area contributed by atoms with Gasteiger partial charge in [0.2, 0.25) is 0 Å². The predicted molar refractivity (Wildman–Crippen MR) is 420 cm³/mol. The summed E-state index contributed by atoms with van der Waals surface area (Å²) in [6.07, 6.45) is 34.7. The van der Waals surface area contributed by atoms with Crippen LogP contribution < -0.4 is 0 Å². The zero-order chi connectivity index (χ0) is 73.7. The fraction of sp³-hybridized carbons (Fsp3) is 0.690. The molecular formula is C71H127N3O14P8. The molecule has 4 N–H and O–H groups in total. The number of carbonyl (C=O) groups is 3. The molecule has 23 atom stereocenters. The van der Waals surface area contributed by atoms with E-state index < -0.39 is 31.8 Å². The maximum absolute atomic E-state index is 12.7. The molecule has 0 aromatic carbocycles. The largest absolute Gasteiger partial charge is 0.462 e. The fourth-order valence-electron chi connectivity index (χ4n) is 9.85. The summed E-state index contributed by atoms with van der Waals surface area (Å²) < 4.78 is 29.2. The second-order valence-corrected chi connectivity index (χ2v) is 42.7. The van der Waals surface area contributed by atoms with Gasteiger partial charge >= 0.3 is 24.1 Å². The van der Waals surface area contributed by atoms with E-state index in [1.54, 1.807) is 19.1 Å². The maximum atomic E-state index is 12.7. The van der Waals surface area contributed by atoms with Crippen molar-refractivity contribution in [2.24, 2.45) is 46.5 Å². The number of hydrogen-bond donors (Lipinski definition) is 4. The van der Waals surface area contributed by atoms with Crippen molar-refractivity contribution >= 4 is 90.7 Å². The Balaban J connectivity index is -0.00000137. The molecule has 96 heavy (non-hydrogen) atoms. The number of rotatable bonds is 29. The maximum Gasteiger partial charge on any atom is 0.373 e. The number of allylic oxidation sites excluding steroid dienone is 13. The average Bonchev–Trinajstić information content (AvgIpc) is 1.08. The van der Waals surface area contributed by atoms with E-state index in [1.807, 2.05) is 78.0 Å². The molecule has 0 radical (unpaired) electrons. The molecule has 0 aromatic rings. The smallest absolute Gasteiger partial charge is 0.373 e. The Bertz CT molecular complexity index is 2480. The average molecular weight is 1490 g/mol. The number of cyclic esters (lactones) is 2. The molecular weight excluding hydrogens is 1370 g/mol. The van der Waals surface area contributed by atoms with Gasteiger partial charge in [-0.25, -0.2) is 4.79 Å². The topological polar surface area (TPSA) is 261 Å². The van der Waals surface area contributed by atoms with Crippen LogP contribution in [0.3, 0.4) is 0 Å². The summed E-state index contributed by atoms with van der Waals surface area (Å²) in [5, 5.41) is 42.8. The lowest BCUT2D eigenvalue weighted by atomic mass is 9.90. The highest BCUT2D eigenvalue weighted by atomic mass is 32.6. The van der Waals surface area contributed by atoms with Crippen molar-refractivity contribution in [3.63, 3.8) is 0 Å². The van der Waals surface area contributed by atoms with Gasteiger partial charge in [-0.3, -0.25) is 9.59 Å². The number of azide groups is 1. The zero-order valence-corrected chi connectivity index (χ0v) is 69.5. The van der Waals surface area contributed by atoms with E-state index in [2.05, 4.69) is 145 Å². The highest BCUT2D eigenvalue weighted by Crippen LogP contribution is 2.68. The lowest BCUT2D eigenvalue weighted by molar-refractivity contribution is -0.191. The van der Waals surface area contributed by atoms with Crippen LogP contribution in [0.2, 0.25) is 0 Å². The van der Waals surface area contributed by atoms with Crippen molar-refractivity contribution in [3.8, 4) is 0 Å². The first-order valence-electron chi connectivity index (χ1n) is 34.0. The third-order valence-electron chi connectivity index (χ3n) is 16.1. The van der Waals surface area contributed by atoms with E-state index in [-0.39, 0.29) is 99.4 Å². The number of ether oxygens (including phenoxy) is 3. The van der Waals surface area contributed by atoms with Crippen LogP contribution in [-0.4, -0.2) is 106 Å². The monoisotopic (exact) mass is 1490 g/mol. The quantitative estimate of drug-likeness (QED) is 0.00625. The van der Waals surface area contributed by atoms with E-state index in [4.69, 9.17) is 38.4 Å². The molecule has 0 bridgehead atoms. The summed E-state index contributed by atoms with van der Waals surface area (Å²) in [4.78, 5) is 55.8. The number of carbonyl (C=O) groups excluding carboxylic acids is 5. The molecule has 2 aliphatic rings. The van der Waals surface area contributed by atoms with Gasteiger partial charge in [0.25, 0.3) is 0 Å². The molecule has 550 valence electrons. The van der Waals surface area contributed by atoms with Crippen LogP contribution in [0.1, 0.15) is 214 Å². The van der Waals surface area contributed by atoms with Gasteiger partial charge in [-0.15, -0.1) is 17.9 Å². The first-order chi connectivity index (χ1) is 45.3. The molecule has 2 rings (SSSR count). The van der Waals surface area contributed by atoms with Gasteiger partial charge in [-0.05, 0) is 156 Å². The van der Waals surface area contributed by atoms with Gasteiger partial charge in [0, 0.05) is 49.6 Å². The Kier molecular flexibility index (Phi) is 63.0. The van der Waals surface area contributed by atoms with Crippen molar-refractivity contribution < 1.29 is 67.7 Å². The van der Waals surface area contributed by atoms with E-state index in [9.17, 15) is 34.8 Å². The number of nitrogens with zero attached hydrogens (tertiary/aromatic N) is 3. The second kappa shape index (κ2) is 61.6. The molecule has 0 saturated carbocycles. The van der Waals surface area contributed by atoms with E-state index >= 15 is 0 Å². The Morgan fingerprint density at radius 2 is 1.29 bits per heavy atom. The Morgan fingerprint density at radius 3 is 1.83 bits per heavy atom. The summed E-state index contributed by atoms with van der Waals surface area (Å²) in [6, 6.07) is 0. The van der Waals surface area contributed by atoms with Gasteiger partial charge in [0.1, 0.15) is 18.3 Å². The standard InChI is InChI=1S/C34H51N3O7.C15H26O3.C12H30O2P8.C9H20.CO2/c1-23(11-9-12-24(2)20-29(39)30(40)21-28(6)38)19-25(3)17-18-34(42)43-31-15-10-16-33(41)44-32(27(5)22-36-37-35)14-8-7-13-26(31)4;1-11(2)14-9-5-4-7-12(3)13(16)8-6-10-15(17)18-14;1-5-6-9(2)7-12(14-22(18)20-16)10(3)8-11(4)13-21(17)19-15;1-5-7-9(4)8(3)6-2;2-1-3/h7-9,11-12,17-20,26-32,38-40H,10,13-16,21-22H2,1-6H3;4-5,11-14,16H,6-10H2,1-3H3;5-7,10-12,19-20H,8,15-18H2,1-4H3;8-9H,5-7H2,1-4H3;/b8-7+,12-9+,18-17+,23-11+,24-20+,25-19+;5-4+;6-5+,9-7+;;/t26-,27-,28-,29-,30-,31-,32+;12?,13-,14+;10-,11-,12-,21?,22?;8-,9-;/m0000./s1. The highest BCUT2D eigenvalue weighted by Gasteiger charge is 2.26. The van der Waals surface area contributed by atoms with Crippen LogP contribution >= 0.6 is 66.7 Å². The van der Waals surface area contributed by atoms with Crippen LogP contribution in [0.5, 0.6) is 0 Å². The first-order valence-corrected chi connectivity index (χ1v) is 47.0. The summed E-state index contributed by atoms with van der Waals surface area (Å²) in [5.41, 5.74) is 12.4. The molecule has 17 nitrogen and oxygen atoms in total. The predicted octanol–water partition coefficient (Wildman–Crippen LogP) is 19.8. The lowest BCUT2D eigenvalue weighted by Gasteiger charge is -2.27. The molecule has 0 saturated heterocycles. The number of esters is 3. The highest BCUT2D eigenvalue weighted by molar-refractivity contribution is 8.60. The first kappa shape index (κ1) is 98.1. The van der Waals surface area contributed by atoms with Crippen LogP contribution in [0.25, 0.3) is 10.4 Å². The Labute approximate surface area is 594 Å². The minimum atomic E-state index is -1.06. The molecule has 0 spiro atoms. The minimum absolute atomic E-state index is 0.0200. The zero-order valence-electron chi connectivity index (χ0n) is 61.1. The molecule has 2 aliphatic heterocycles. The van der Waals surface area contributed by atoms with Crippen LogP contribution in [0.4, 0.5) is 0 Å². The van der Waals surface area contributed by atoms with Crippen LogP contribution in [-0.2, 0) is 47.2 Å². The van der Waals surface area contributed by atoms with Crippen LogP contribution in [0, 0.1) is 41.4 Å². The third-order valence-corrected chi connectivity index (χ3v) is 33.2. The summed E-state index contributed by atoms with van der Waals surface area (Å²) >= 11 is 0. The number of aliphatic hydroxyl groups excluding tert-OH is 4. The van der Waals surface area contributed by atoms with Crippen LogP contribution in [0.15, 0.2) is 112 Å². The van der Waals surface area contributed by atoms with E-state index in [1.165, 1.54) is 30.9 Å². The van der Waals surface area contributed by atoms with Crippen molar-refractivity contribution in [1.29, 1.82) is 0 Å².